The first-order chi connectivity index (χ1) is 14.0. The van der Waals surface area contributed by atoms with Crippen LogP contribution in [0.2, 0.25) is 0 Å². The molecule has 0 aromatic rings. The number of ketones is 1. The molecule has 170 valence electrons. The van der Waals surface area contributed by atoms with Crippen LogP contribution in [0.4, 0.5) is 0 Å². The first-order valence-corrected chi connectivity index (χ1v) is 11.6. The second-order valence-corrected chi connectivity index (χ2v) is 7.88. The van der Waals surface area contributed by atoms with Crippen molar-refractivity contribution < 1.29 is 29.3 Å². The summed E-state index contributed by atoms with van der Waals surface area (Å²) in [7, 11) is 0. The van der Waals surface area contributed by atoms with E-state index in [1.54, 1.807) is 0 Å². The molecule has 0 aliphatic rings. The number of aliphatic hydroxyl groups is 2. The van der Waals surface area contributed by atoms with E-state index < -0.39 is 30.4 Å². The summed E-state index contributed by atoms with van der Waals surface area (Å²) in [5.74, 6) is -3.32. The Kier molecular flexibility index (Phi) is 19.1. The van der Waals surface area contributed by atoms with Crippen LogP contribution in [0, 0.1) is 0 Å². The number of aliphatic hydroxyl groups excluding tert-OH is 2. The van der Waals surface area contributed by atoms with Gasteiger partial charge in [-0.2, -0.15) is 0 Å². The van der Waals surface area contributed by atoms with Gasteiger partial charge in [0.05, 0.1) is 6.61 Å². The molecule has 6 heteroatoms. The molecule has 0 saturated heterocycles. The average molecular weight is 415 g/mol. The molecule has 0 bridgehead atoms. The zero-order chi connectivity index (χ0) is 21.7. The van der Waals surface area contributed by atoms with Crippen LogP contribution < -0.4 is 0 Å². The predicted octanol–water partition coefficient (Wildman–Crippen LogP) is 4.63. The van der Waals surface area contributed by atoms with E-state index in [-0.39, 0.29) is 6.42 Å². The van der Waals surface area contributed by atoms with E-state index in [1.165, 1.54) is 77.0 Å². The Morgan fingerprint density at radius 1 is 0.690 bits per heavy atom. The fourth-order valence-corrected chi connectivity index (χ4v) is 3.23. The van der Waals surface area contributed by atoms with Crippen molar-refractivity contribution in [2.24, 2.45) is 0 Å². The molecular formula is C23H42O6. The minimum Gasteiger partial charge on any atom is -0.393 e. The third kappa shape index (κ3) is 17.3. The van der Waals surface area contributed by atoms with Gasteiger partial charge < -0.3 is 14.9 Å². The van der Waals surface area contributed by atoms with Crippen LogP contribution in [0.3, 0.4) is 0 Å². The van der Waals surface area contributed by atoms with Gasteiger partial charge in [0.2, 0.25) is 5.78 Å². The smallest absolute Gasteiger partial charge is 0.382 e. The van der Waals surface area contributed by atoms with Crippen molar-refractivity contribution in [3.8, 4) is 0 Å². The number of esters is 2. The maximum Gasteiger partial charge on any atom is 0.382 e. The Labute approximate surface area is 176 Å². The van der Waals surface area contributed by atoms with Crippen molar-refractivity contribution >= 4 is 17.7 Å². The summed E-state index contributed by atoms with van der Waals surface area (Å²) in [6.45, 7) is 1.40. The number of carbonyl (C=O) groups excluding carboxylic acids is 3. The lowest BCUT2D eigenvalue weighted by Crippen LogP contribution is -2.31. The highest BCUT2D eigenvalue weighted by Crippen LogP contribution is 2.14. The molecular weight excluding hydrogens is 372 g/mol. The lowest BCUT2D eigenvalue weighted by atomic mass is 10.0. The van der Waals surface area contributed by atoms with Crippen molar-refractivity contribution in [1.82, 2.24) is 0 Å². The van der Waals surface area contributed by atoms with Gasteiger partial charge in [-0.05, 0) is 6.42 Å². The van der Waals surface area contributed by atoms with Gasteiger partial charge in [0.1, 0.15) is 0 Å². The molecule has 0 amide bonds. The summed E-state index contributed by atoms with van der Waals surface area (Å²) in [6, 6.07) is 0. The van der Waals surface area contributed by atoms with Crippen LogP contribution in [-0.2, 0) is 19.1 Å². The second-order valence-electron chi connectivity index (χ2n) is 7.88. The lowest BCUT2D eigenvalue weighted by Gasteiger charge is -2.06. The number of hydrogen-bond donors (Lipinski definition) is 2. The molecule has 0 fully saturated rings. The molecule has 0 aliphatic carbocycles. The monoisotopic (exact) mass is 414 g/mol. The van der Waals surface area contributed by atoms with E-state index >= 15 is 0 Å². The number of rotatable bonds is 20. The lowest BCUT2D eigenvalue weighted by molar-refractivity contribution is -0.170. The van der Waals surface area contributed by atoms with Gasteiger partial charge in [-0.3, -0.25) is 4.79 Å². The molecule has 2 N–H and O–H groups in total. The predicted molar refractivity (Wildman–Crippen MR) is 113 cm³/mol. The number of unbranched alkanes of at least 4 members (excludes halogenated alkanes) is 15. The van der Waals surface area contributed by atoms with Gasteiger partial charge in [-0.25, -0.2) is 9.59 Å². The summed E-state index contributed by atoms with van der Waals surface area (Å²) >= 11 is 0. The minimum absolute atomic E-state index is 0.0414. The van der Waals surface area contributed by atoms with E-state index in [2.05, 4.69) is 11.7 Å². The van der Waals surface area contributed by atoms with Gasteiger partial charge in [0.15, 0.2) is 6.10 Å². The highest BCUT2D eigenvalue weighted by Gasteiger charge is 2.23. The summed E-state index contributed by atoms with van der Waals surface area (Å²) < 4.78 is 4.21. The van der Waals surface area contributed by atoms with E-state index in [9.17, 15) is 14.4 Å². The largest absolute Gasteiger partial charge is 0.393 e. The van der Waals surface area contributed by atoms with Gasteiger partial charge in [0.25, 0.3) is 0 Å². The number of hydrogen-bond acceptors (Lipinski definition) is 6. The molecule has 29 heavy (non-hydrogen) atoms. The summed E-state index contributed by atoms with van der Waals surface area (Å²) in [5.41, 5.74) is 0. The van der Waals surface area contributed by atoms with Gasteiger partial charge in [0, 0.05) is 6.42 Å². The maximum absolute atomic E-state index is 11.6. The van der Waals surface area contributed by atoms with Crippen LogP contribution >= 0.6 is 0 Å². The van der Waals surface area contributed by atoms with E-state index in [1.807, 2.05) is 0 Å². The van der Waals surface area contributed by atoms with Crippen LogP contribution in [-0.4, -0.2) is 40.6 Å². The van der Waals surface area contributed by atoms with Gasteiger partial charge >= 0.3 is 11.9 Å². The van der Waals surface area contributed by atoms with Crippen molar-refractivity contribution in [2.45, 2.75) is 122 Å². The number of ether oxygens (including phenoxy) is 1. The zero-order valence-electron chi connectivity index (χ0n) is 18.3. The van der Waals surface area contributed by atoms with Crippen molar-refractivity contribution in [2.75, 3.05) is 6.61 Å². The Bertz CT molecular complexity index is 435. The minimum atomic E-state index is -1.79. The van der Waals surface area contributed by atoms with Gasteiger partial charge in [-0.15, -0.1) is 0 Å². The first-order valence-electron chi connectivity index (χ1n) is 11.6. The zero-order valence-corrected chi connectivity index (χ0v) is 18.3. The Morgan fingerprint density at radius 2 is 1.07 bits per heavy atom. The average Bonchev–Trinajstić information content (AvgIpc) is 2.72. The molecule has 0 aliphatic heterocycles. The van der Waals surface area contributed by atoms with E-state index in [0.29, 0.717) is 6.42 Å². The van der Waals surface area contributed by atoms with Crippen molar-refractivity contribution in [1.29, 1.82) is 0 Å². The number of carbonyl (C=O) groups is 3. The molecule has 1 atom stereocenters. The molecule has 0 heterocycles. The quantitative estimate of drug-likeness (QED) is 0.130. The van der Waals surface area contributed by atoms with Crippen LogP contribution in [0.5, 0.6) is 0 Å². The molecule has 6 nitrogen and oxygen atoms in total. The molecule has 0 radical (unpaired) electrons. The second kappa shape index (κ2) is 20.0. The first kappa shape index (κ1) is 27.7. The topological polar surface area (TPSA) is 101 Å². The van der Waals surface area contributed by atoms with E-state index in [4.69, 9.17) is 10.2 Å². The standard InChI is InChI=1S/C23H42O6/c1-2-3-4-5-6-7-8-9-10-11-12-13-14-15-16-17-18-20(25)22(27)29-23(28)21(26)19-24/h21,24,26H,2-19H2,1H3. The van der Waals surface area contributed by atoms with Crippen LogP contribution in [0.25, 0.3) is 0 Å². The van der Waals surface area contributed by atoms with Gasteiger partial charge in [-0.1, -0.05) is 103 Å². The van der Waals surface area contributed by atoms with Crippen molar-refractivity contribution in [3.05, 3.63) is 0 Å². The highest BCUT2D eigenvalue weighted by atomic mass is 16.6. The molecule has 0 spiro atoms. The Balaban J connectivity index is 3.37. The Hall–Kier alpha value is -1.27. The molecule has 0 rings (SSSR count). The Morgan fingerprint density at radius 3 is 1.45 bits per heavy atom. The molecule has 0 aromatic heterocycles. The summed E-state index contributed by atoms with van der Waals surface area (Å²) in [4.78, 5) is 34.1. The SMILES string of the molecule is CCCCCCCCCCCCCCCCCCC(=O)C(=O)OC(=O)C(O)CO. The maximum atomic E-state index is 11.6. The third-order valence-electron chi connectivity index (χ3n) is 5.12. The molecule has 0 saturated carbocycles. The fourth-order valence-electron chi connectivity index (χ4n) is 3.23. The molecule has 1 unspecified atom stereocenters. The van der Waals surface area contributed by atoms with Crippen LogP contribution in [0.1, 0.15) is 116 Å². The fraction of sp³-hybridized carbons (Fsp3) is 0.870. The third-order valence-corrected chi connectivity index (χ3v) is 5.12. The van der Waals surface area contributed by atoms with Crippen molar-refractivity contribution in [3.63, 3.8) is 0 Å². The van der Waals surface area contributed by atoms with Crippen LogP contribution in [0.15, 0.2) is 0 Å². The number of Topliss-reactive ketones (excluding diaryl/α,β-unsaturated/α-hetero) is 1. The molecule has 0 aromatic carbocycles. The summed E-state index contributed by atoms with van der Waals surface area (Å²) in [6.07, 6.45) is 17.9. The van der Waals surface area contributed by atoms with E-state index in [0.717, 1.165) is 19.3 Å². The summed E-state index contributed by atoms with van der Waals surface area (Å²) in [5, 5.41) is 17.6. The highest BCUT2D eigenvalue weighted by molar-refractivity contribution is 6.35. The normalized spacial score (nSPS) is 12.0.